The van der Waals surface area contributed by atoms with Crippen LogP contribution in [0.4, 0.5) is 22.0 Å². The van der Waals surface area contributed by atoms with Crippen molar-refractivity contribution in [2.45, 2.75) is 17.9 Å². The first kappa shape index (κ1) is 25.0. The highest BCUT2D eigenvalue weighted by atomic mass is 35.5. The minimum absolute atomic E-state index is 0. The first-order chi connectivity index (χ1) is 15.8. The third-order valence-corrected chi connectivity index (χ3v) is 5.93. The van der Waals surface area contributed by atoms with Gasteiger partial charge in [0.25, 0.3) is 0 Å². The maximum absolute atomic E-state index is 13.3. The van der Waals surface area contributed by atoms with E-state index in [1.54, 1.807) is 55.0 Å². The van der Waals surface area contributed by atoms with E-state index in [0.717, 1.165) is 11.8 Å². The summed E-state index contributed by atoms with van der Waals surface area (Å²) >= 11 is 0. The molecule has 0 spiro atoms. The standard InChI is InChI=1S/C23H21FN6O2S.ClH/c1-15(16-6-8-18(24)9-7-16)27-23-28-20(17-4-3-5-19(12-17)33(2,31)32)13-21(30-23)29-22-14-25-10-11-26-22;/h3-15H,1-2H3,(H2,26,27,28,29,30);1H. The quantitative estimate of drug-likeness (QED) is 0.372. The van der Waals surface area contributed by atoms with Gasteiger partial charge in [-0.05, 0) is 36.8 Å². The van der Waals surface area contributed by atoms with Crippen molar-refractivity contribution >= 4 is 39.8 Å². The Hall–Kier alpha value is -3.63. The van der Waals surface area contributed by atoms with Gasteiger partial charge in [-0.25, -0.2) is 22.8 Å². The molecule has 0 saturated carbocycles. The van der Waals surface area contributed by atoms with Crippen molar-refractivity contribution in [3.05, 3.63) is 84.6 Å². The number of benzene rings is 2. The Morgan fingerprint density at radius 3 is 2.41 bits per heavy atom. The SMILES string of the molecule is CC(Nc1nc(Nc2cnccn2)cc(-c2cccc(S(C)(=O)=O)c2)n1)c1ccc(F)cc1.Cl. The monoisotopic (exact) mass is 500 g/mol. The highest BCUT2D eigenvalue weighted by Crippen LogP contribution is 2.27. The van der Waals surface area contributed by atoms with Crippen LogP contribution >= 0.6 is 12.4 Å². The van der Waals surface area contributed by atoms with E-state index in [4.69, 9.17) is 0 Å². The molecule has 2 aromatic carbocycles. The Bertz CT molecular complexity index is 1370. The summed E-state index contributed by atoms with van der Waals surface area (Å²) in [7, 11) is -3.38. The van der Waals surface area contributed by atoms with E-state index < -0.39 is 9.84 Å². The van der Waals surface area contributed by atoms with Gasteiger partial charge in [0, 0.05) is 30.3 Å². The molecule has 2 N–H and O–H groups in total. The third-order valence-electron chi connectivity index (χ3n) is 4.82. The summed E-state index contributed by atoms with van der Waals surface area (Å²) in [5.41, 5.74) is 1.98. The molecule has 176 valence electrons. The summed E-state index contributed by atoms with van der Waals surface area (Å²) in [6, 6.07) is 14.2. The van der Waals surface area contributed by atoms with Crippen LogP contribution in [-0.4, -0.2) is 34.6 Å². The van der Waals surface area contributed by atoms with Crippen molar-refractivity contribution in [2.24, 2.45) is 0 Å². The second-order valence-corrected chi connectivity index (χ2v) is 9.41. The van der Waals surface area contributed by atoms with Crippen molar-refractivity contribution in [1.82, 2.24) is 19.9 Å². The summed E-state index contributed by atoms with van der Waals surface area (Å²) in [5, 5.41) is 6.31. The first-order valence-corrected chi connectivity index (χ1v) is 11.9. The Kier molecular flexibility index (Phi) is 7.75. The maximum atomic E-state index is 13.3. The highest BCUT2D eigenvalue weighted by Gasteiger charge is 2.14. The second-order valence-electron chi connectivity index (χ2n) is 7.40. The van der Waals surface area contributed by atoms with Crippen molar-refractivity contribution in [1.29, 1.82) is 0 Å². The molecule has 2 heterocycles. The molecule has 0 aliphatic rings. The molecule has 2 aromatic heterocycles. The van der Waals surface area contributed by atoms with Crippen LogP contribution in [0.5, 0.6) is 0 Å². The van der Waals surface area contributed by atoms with Gasteiger partial charge in [-0.1, -0.05) is 24.3 Å². The summed E-state index contributed by atoms with van der Waals surface area (Å²) < 4.78 is 37.3. The van der Waals surface area contributed by atoms with Gasteiger partial charge in [0.15, 0.2) is 9.84 Å². The second kappa shape index (κ2) is 10.5. The van der Waals surface area contributed by atoms with Crippen LogP contribution in [0.3, 0.4) is 0 Å². The molecule has 0 bridgehead atoms. The molecule has 8 nitrogen and oxygen atoms in total. The topological polar surface area (TPSA) is 110 Å². The smallest absolute Gasteiger partial charge is 0.225 e. The number of hydrogen-bond donors (Lipinski definition) is 2. The maximum Gasteiger partial charge on any atom is 0.225 e. The lowest BCUT2D eigenvalue weighted by Gasteiger charge is -2.16. The number of aromatic nitrogens is 4. The molecule has 34 heavy (non-hydrogen) atoms. The molecular formula is C23H22ClFN6O2S. The molecular weight excluding hydrogens is 479 g/mol. The zero-order valence-electron chi connectivity index (χ0n) is 18.3. The van der Waals surface area contributed by atoms with Crippen LogP contribution in [0.2, 0.25) is 0 Å². The van der Waals surface area contributed by atoms with Crippen LogP contribution in [0.15, 0.2) is 78.1 Å². The largest absolute Gasteiger partial charge is 0.348 e. The zero-order valence-corrected chi connectivity index (χ0v) is 19.9. The minimum Gasteiger partial charge on any atom is -0.348 e. The number of halogens is 2. The van der Waals surface area contributed by atoms with Crippen LogP contribution in [0, 0.1) is 5.82 Å². The van der Waals surface area contributed by atoms with Gasteiger partial charge in [-0.2, -0.15) is 4.98 Å². The van der Waals surface area contributed by atoms with Gasteiger partial charge in [0.1, 0.15) is 17.5 Å². The van der Waals surface area contributed by atoms with Gasteiger partial charge in [-0.15, -0.1) is 12.4 Å². The Labute approximate surface area is 203 Å². The van der Waals surface area contributed by atoms with Crippen LogP contribution in [0.1, 0.15) is 18.5 Å². The van der Waals surface area contributed by atoms with Gasteiger partial charge in [0.2, 0.25) is 5.95 Å². The molecule has 0 radical (unpaired) electrons. The normalized spacial score (nSPS) is 11.9. The molecule has 0 saturated heterocycles. The van der Waals surface area contributed by atoms with E-state index in [1.165, 1.54) is 18.2 Å². The number of rotatable bonds is 7. The lowest BCUT2D eigenvalue weighted by atomic mass is 10.1. The number of sulfone groups is 1. The fourth-order valence-corrected chi connectivity index (χ4v) is 3.80. The number of anilines is 3. The van der Waals surface area contributed by atoms with Crippen molar-refractivity contribution in [3.8, 4) is 11.3 Å². The van der Waals surface area contributed by atoms with Crippen LogP contribution in [0.25, 0.3) is 11.3 Å². The molecule has 4 rings (SSSR count). The molecule has 0 aliphatic heterocycles. The van der Waals surface area contributed by atoms with E-state index >= 15 is 0 Å². The zero-order chi connectivity index (χ0) is 23.4. The summed E-state index contributed by atoms with van der Waals surface area (Å²) in [5.74, 6) is 0.925. The van der Waals surface area contributed by atoms with Crippen LogP contribution < -0.4 is 10.6 Å². The molecule has 1 unspecified atom stereocenters. The predicted molar refractivity (Wildman–Crippen MR) is 132 cm³/mol. The van der Waals surface area contributed by atoms with Gasteiger partial charge < -0.3 is 10.6 Å². The van der Waals surface area contributed by atoms with Crippen molar-refractivity contribution < 1.29 is 12.8 Å². The van der Waals surface area contributed by atoms with Gasteiger partial charge in [-0.3, -0.25) is 4.98 Å². The average molecular weight is 501 g/mol. The summed E-state index contributed by atoms with van der Waals surface area (Å²) in [6.07, 6.45) is 5.82. The average Bonchev–Trinajstić information content (AvgIpc) is 2.79. The number of nitrogens with one attached hydrogen (secondary N) is 2. The van der Waals surface area contributed by atoms with E-state index in [2.05, 4.69) is 30.6 Å². The number of nitrogens with zero attached hydrogens (tertiary/aromatic N) is 4. The minimum atomic E-state index is -3.38. The van der Waals surface area contributed by atoms with Gasteiger partial charge in [0.05, 0.1) is 22.8 Å². The molecule has 0 aliphatic carbocycles. The number of hydrogen-bond acceptors (Lipinski definition) is 8. The molecule has 4 aromatic rings. The molecule has 0 fully saturated rings. The van der Waals surface area contributed by atoms with E-state index in [9.17, 15) is 12.8 Å². The predicted octanol–water partition coefficient (Wildman–Crippen LogP) is 4.81. The Morgan fingerprint density at radius 2 is 1.74 bits per heavy atom. The molecule has 0 amide bonds. The van der Waals surface area contributed by atoms with E-state index in [-0.39, 0.29) is 29.2 Å². The lowest BCUT2D eigenvalue weighted by Crippen LogP contribution is -2.11. The summed E-state index contributed by atoms with van der Waals surface area (Å²) in [6.45, 7) is 1.91. The fourth-order valence-electron chi connectivity index (χ4n) is 3.13. The Balaban J connectivity index is 0.00000324. The van der Waals surface area contributed by atoms with Crippen molar-refractivity contribution in [3.63, 3.8) is 0 Å². The Morgan fingerprint density at radius 1 is 0.971 bits per heavy atom. The molecule has 11 heteroatoms. The van der Waals surface area contributed by atoms with E-state index in [1.807, 2.05) is 6.92 Å². The van der Waals surface area contributed by atoms with Gasteiger partial charge >= 0.3 is 0 Å². The molecule has 1 atom stereocenters. The lowest BCUT2D eigenvalue weighted by molar-refractivity contribution is 0.602. The van der Waals surface area contributed by atoms with Crippen molar-refractivity contribution in [2.75, 3.05) is 16.9 Å². The third kappa shape index (κ3) is 6.24. The highest BCUT2D eigenvalue weighted by molar-refractivity contribution is 7.90. The summed E-state index contributed by atoms with van der Waals surface area (Å²) in [4.78, 5) is 17.5. The first-order valence-electron chi connectivity index (χ1n) is 10.0. The van der Waals surface area contributed by atoms with E-state index in [0.29, 0.717) is 28.8 Å². The fraction of sp³-hybridized carbons (Fsp3) is 0.130. The van der Waals surface area contributed by atoms with Crippen LogP contribution in [-0.2, 0) is 9.84 Å².